The van der Waals surface area contributed by atoms with Crippen molar-refractivity contribution in [1.82, 2.24) is 9.69 Å². The normalized spacial score (nSPS) is 11.8. The Morgan fingerprint density at radius 1 is 1.18 bits per heavy atom. The Balaban J connectivity index is 2.15. The molecule has 3 rings (SSSR count). The van der Waals surface area contributed by atoms with Crippen molar-refractivity contribution >= 4 is 52.0 Å². The van der Waals surface area contributed by atoms with E-state index in [1.54, 1.807) is 30.3 Å². The molecular weight excluding hydrogens is 474 g/mol. The van der Waals surface area contributed by atoms with Crippen molar-refractivity contribution in [2.24, 2.45) is 11.7 Å². The molecule has 0 aliphatic rings. The fourth-order valence-electron chi connectivity index (χ4n) is 3.33. The van der Waals surface area contributed by atoms with Crippen molar-refractivity contribution in [1.29, 1.82) is 0 Å². The van der Waals surface area contributed by atoms with Crippen molar-refractivity contribution in [2.75, 3.05) is 24.3 Å². The molecule has 0 fully saturated rings. The Kier molecular flexibility index (Phi) is 8.24. The molecule has 1 aromatic carbocycles. The van der Waals surface area contributed by atoms with Gasteiger partial charge in [0, 0.05) is 11.4 Å². The number of primary amides is 1. The molecule has 34 heavy (non-hydrogen) atoms. The number of aromatic nitrogens is 1. The molecule has 2 heterocycles. The first-order chi connectivity index (χ1) is 16.3. The van der Waals surface area contributed by atoms with Crippen LogP contribution >= 0.6 is 22.9 Å². The van der Waals surface area contributed by atoms with Gasteiger partial charge in [0.1, 0.15) is 10.6 Å². The molecule has 0 saturated heterocycles. The highest BCUT2D eigenvalue weighted by Gasteiger charge is 2.37. The Morgan fingerprint density at radius 2 is 1.91 bits per heavy atom. The van der Waals surface area contributed by atoms with Gasteiger partial charge in [0.2, 0.25) is 5.91 Å². The number of nitrogens with two attached hydrogens (primary N) is 2. The van der Waals surface area contributed by atoms with Gasteiger partial charge < -0.3 is 21.5 Å². The van der Waals surface area contributed by atoms with Crippen molar-refractivity contribution in [3.05, 3.63) is 57.2 Å². The molecule has 0 unspecified atom stereocenters. The van der Waals surface area contributed by atoms with Crippen LogP contribution in [-0.2, 0) is 4.79 Å². The average Bonchev–Trinajstić information content (AvgIpc) is 3.46. The molecule has 3 aromatic rings. The lowest BCUT2D eigenvalue weighted by atomic mass is 10.1. The zero-order chi connectivity index (χ0) is 24.8. The number of hydrogen-bond acceptors (Lipinski definition) is 8. The van der Waals surface area contributed by atoms with Crippen LogP contribution < -0.4 is 26.4 Å². The van der Waals surface area contributed by atoms with Crippen LogP contribution in [0.5, 0.6) is 5.75 Å². The lowest BCUT2D eigenvalue weighted by molar-refractivity contribution is -0.122. The van der Waals surface area contributed by atoms with E-state index in [1.807, 2.05) is 11.4 Å². The van der Waals surface area contributed by atoms with Crippen molar-refractivity contribution in [2.45, 2.75) is 26.3 Å². The molecule has 11 heteroatoms. The molecule has 1 atom stereocenters. The quantitative estimate of drug-likeness (QED) is 0.389. The van der Waals surface area contributed by atoms with Gasteiger partial charge in [0.25, 0.3) is 11.8 Å². The number of methoxy groups -OCH3 is 1. The minimum atomic E-state index is -1.01. The number of nitrogen functional groups attached to an aromatic ring is 1. The predicted octanol–water partition coefficient (Wildman–Crippen LogP) is 3.44. The molecule has 0 aliphatic carbocycles. The van der Waals surface area contributed by atoms with Gasteiger partial charge >= 0.3 is 0 Å². The summed E-state index contributed by atoms with van der Waals surface area (Å²) >= 11 is 2.11. The topological polar surface area (TPSA) is 141 Å². The monoisotopic (exact) mass is 501 g/mol. The van der Waals surface area contributed by atoms with Crippen LogP contribution in [0, 0.1) is 5.92 Å². The summed E-state index contributed by atoms with van der Waals surface area (Å²) in [6.07, 6.45) is 0.787. The van der Waals surface area contributed by atoms with Crippen LogP contribution in [0.3, 0.4) is 0 Å². The fraction of sp³-hybridized carbons (Fsp3) is 0.304. The molecule has 0 aliphatic heterocycles. The summed E-state index contributed by atoms with van der Waals surface area (Å²) in [5.41, 5.74) is 11.5. The van der Waals surface area contributed by atoms with Gasteiger partial charge in [0.15, 0.2) is 11.7 Å². The molecule has 0 bridgehead atoms. The SMILES string of the molecule is COc1ccccc1N(C(=O)c1snc(C(N)=O)c1N)[C@H](C(=O)NCCC(C)C)c1cccs1. The lowest BCUT2D eigenvalue weighted by Gasteiger charge is -2.31. The number of benzene rings is 1. The van der Waals surface area contributed by atoms with Gasteiger partial charge in [-0.15, -0.1) is 11.3 Å². The van der Waals surface area contributed by atoms with Crippen LogP contribution in [0.1, 0.15) is 51.3 Å². The maximum absolute atomic E-state index is 13.9. The first-order valence-corrected chi connectivity index (χ1v) is 12.2. The van der Waals surface area contributed by atoms with E-state index in [9.17, 15) is 14.4 Å². The number of para-hydroxylation sites is 2. The maximum atomic E-state index is 13.9. The standard InChI is InChI=1S/C23H27N5O4S2/c1-13(2)10-11-26-22(30)19(16-9-6-12-33-16)28(14-7-4-5-8-15(14)32-3)23(31)20-17(24)18(21(25)29)27-34-20/h4-9,12-13,19H,10-11,24H2,1-3H3,(H2,25,29)(H,26,30)/t19-/m0/s1. The zero-order valence-electron chi connectivity index (χ0n) is 19.1. The predicted molar refractivity (Wildman–Crippen MR) is 134 cm³/mol. The number of carbonyl (C=O) groups is 3. The second-order valence-corrected chi connectivity index (χ2v) is 9.63. The third-order valence-electron chi connectivity index (χ3n) is 5.06. The molecule has 0 saturated carbocycles. The first-order valence-electron chi connectivity index (χ1n) is 10.6. The lowest BCUT2D eigenvalue weighted by Crippen LogP contribution is -2.44. The van der Waals surface area contributed by atoms with E-state index in [0.717, 1.165) is 18.0 Å². The Hall–Kier alpha value is -3.44. The summed E-state index contributed by atoms with van der Waals surface area (Å²) in [5.74, 6) is -0.981. The smallest absolute Gasteiger partial charge is 0.273 e. The number of carbonyl (C=O) groups excluding carboxylic acids is 3. The van der Waals surface area contributed by atoms with Crippen LogP contribution in [0.25, 0.3) is 0 Å². The zero-order valence-corrected chi connectivity index (χ0v) is 20.7. The van der Waals surface area contributed by atoms with Crippen LogP contribution in [0.2, 0.25) is 0 Å². The summed E-state index contributed by atoms with van der Waals surface area (Å²) in [7, 11) is 1.48. The van der Waals surface area contributed by atoms with E-state index in [-0.39, 0.29) is 22.2 Å². The van der Waals surface area contributed by atoms with E-state index in [4.69, 9.17) is 16.2 Å². The summed E-state index contributed by atoms with van der Waals surface area (Å²) in [6, 6.07) is 9.48. The molecular formula is C23H27N5O4S2. The second kappa shape index (κ2) is 11.1. The number of hydrogen-bond donors (Lipinski definition) is 3. The molecule has 0 radical (unpaired) electrons. The van der Waals surface area contributed by atoms with Crippen molar-refractivity contribution in [3.63, 3.8) is 0 Å². The largest absolute Gasteiger partial charge is 0.495 e. The van der Waals surface area contributed by atoms with E-state index in [1.165, 1.54) is 23.3 Å². The van der Waals surface area contributed by atoms with Crippen LogP contribution in [0.4, 0.5) is 11.4 Å². The first kappa shape index (κ1) is 25.2. The molecule has 3 amide bonds. The van der Waals surface area contributed by atoms with Gasteiger partial charge in [-0.25, -0.2) is 0 Å². The minimum absolute atomic E-state index is 0.0104. The van der Waals surface area contributed by atoms with Crippen LogP contribution in [-0.4, -0.2) is 35.7 Å². The third kappa shape index (κ3) is 5.37. The molecule has 180 valence electrons. The summed E-state index contributed by atoms with van der Waals surface area (Å²) in [4.78, 5) is 41.1. The van der Waals surface area contributed by atoms with Crippen molar-refractivity contribution < 1.29 is 19.1 Å². The fourth-order valence-corrected chi connectivity index (χ4v) is 4.89. The number of nitrogens with zero attached hydrogens (tertiary/aromatic N) is 2. The minimum Gasteiger partial charge on any atom is -0.495 e. The number of amides is 3. The molecule has 0 spiro atoms. The number of ether oxygens (including phenoxy) is 1. The number of anilines is 2. The summed E-state index contributed by atoms with van der Waals surface area (Å²) < 4.78 is 9.46. The van der Waals surface area contributed by atoms with E-state index < -0.39 is 17.9 Å². The second-order valence-electron chi connectivity index (χ2n) is 7.88. The molecule has 5 N–H and O–H groups in total. The van der Waals surface area contributed by atoms with E-state index in [2.05, 4.69) is 23.5 Å². The highest BCUT2D eigenvalue weighted by atomic mass is 32.1. The van der Waals surface area contributed by atoms with Gasteiger partial charge in [-0.3, -0.25) is 19.3 Å². The summed E-state index contributed by atoms with van der Waals surface area (Å²) in [6.45, 7) is 4.59. The number of nitrogens with one attached hydrogen (secondary N) is 1. The van der Waals surface area contributed by atoms with Gasteiger partial charge in [-0.05, 0) is 47.5 Å². The number of rotatable bonds is 10. The van der Waals surface area contributed by atoms with Crippen LogP contribution in [0.15, 0.2) is 41.8 Å². The van der Waals surface area contributed by atoms with Gasteiger partial charge in [-0.2, -0.15) is 4.37 Å². The highest BCUT2D eigenvalue weighted by Crippen LogP contribution is 2.38. The Labute approximate surface area is 205 Å². The molecule has 9 nitrogen and oxygen atoms in total. The molecule has 2 aromatic heterocycles. The van der Waals surface area contributed by atoms with E-state index >= 15 is 0 Å². The van der Waals surface area contributed by atoms with E-state index in [0.29, 0.717) is 28.8 Å². The van der Waals surface area contributed by atoms with Crippen molar-refractivity contribution in [3.8, 4) is 5.75 Å². The highest BCUT2D eigenvalue weighted by molar-refractivity contribution is 7.10. The Morgan fingerprint density at radius 3 is 2.50 bits per heavy atom. The van der Waals surface area contributed by atoms with Gasteiger partial charge in [0.05, 0.1) is 18.5 Å². The number of thiophene rings is 1. The third-order valence-corrected chi connectivity index (χ3v) is 6.83. The Bertz CT molecular complexity index is 1160. The van der Waals surface area contributed by atoms with Gasteiger partial charge in [-0.1, -0.05) is 32.0 Å². The maximum Gasteiger partial charge on any atom is 0.273 e. The summed E-state index contributed by atoms with van der Waals surface area (Å²) in [5, 5.41) is 4.78. The average molecular weight is 502 g/mol.